The standard InChI is InChI=1S/C21H19ClN6O/c22-15-11-17-14(12-23-19(17)24-13-15)10-18-20(29)26-21(25-18)28-8-6-27(7-9-28)16-4-2-1-3-5-16/h1-5,10-13,29H,6-9H2,(H,25,26)/b14-10-. The lowest BCUT2D eigenvalue weighted by atomic mass is 10.1. The molecule has 4 heterocycles. The average Bonchev–Trinajstić information content (AvgIpc) is 3.32. The molecule has 0 atom stereocenters. The van der Waals surface area contributed by atoms with Gasteiger partial charge < -0.3 is 19.9 Å². The maximum atomic E-state index is 10.3. The van der Waals surface area contributed by atoms with Gasteiger partial charge >= 0.3 is 0 Å². The van der Waals surface area contributed by atoms with E-state index in [-0.39, 0.29) is 5.88 Å². The summed E-state index contributed by atoms with van der Waals surface area (Å²) in [5, 5.41) is 10.9. The predicted molar refractivity (Wildman–Crippen MR) is 116 cm³/mol. The smallest absolute Gasteiger partial charge is 0.238 e. The highest BCUT2D eigenvalue weighted by Crippen LogP contribution is 2.34. The van der Waals surface area contributed by atoms with Crippen LogP contribution in [0.4, 0.5) is 17.5 Å². The number of rotatable bonds is 3. The van der Waals surface area contributed by atoms with Crippen LogP contribution in [0.5, 0.6) is 5.88 Å². The third-order valence-corrected chi connectivity index (χ3v) is 5.38. The number of imidazole rings is 1. The van der Waals surface area contributed by atoms with Crippen molar-refractivity contribution in [3.05, 3.63) is 58.9 Å². The molecule has 146 valence electrons. The lowest BCUT2D eigenvalue weighted by Crippen LogP contribution is -2.46. The molecular formula is C21H19ClN6O. The molecule has 0 bridgehead atoms. The molecular weight excluding hydrogens is 388 g/mol. The fourth-order valence-electron chi connectivity index (χ4n) is 3.65. The van der Waals surface area contributed by atoms with Crippen molar-refractivity contribution in [1.29, 1.82) is 0 Å². The molecule has 0 unspecified atom stereocenters. The second kappa shape index (κ2) is 7.25. The monoisotopic (exact) mass is 406 g/mol. The van der Waals surface area contributed by atoms with Gasteiger partial charge in [-0.25, -0.2) is 9.98 Å². The third-order valence-electron chi connectivity index (χ3n) is 5.17. The number of aliphatic imine (C=N–C) groups is 1. The topological polar surface area (TPSA) is 80.6 Å². The fraction of sp³-hybridized carbons (Fsp3) is 0.190. The Morgan fingerprint density at radius 2 is 1.83 bits per heavy atom. The van der Waals surface area contributed by atoms with E-state index >= 15 is 0 Å². The number of H-pyrrole nitrogens is 1. The van der Waals surface area contributed by atoms with E-state index < -0.39 is 0 Å². The Morgan fingerprint density at radius 3 is 2.62 bits per heavy atom. The van der Waals surface area contributed by atoms with E-state index in [0.29, 0.717) is 22.5 Å². The van der Waals surface area contributed by atoms with Gasteiger partial charge in [-0.15, -0.1) is 0 Å². The number of halogens is 1. The number of hydrogen-bond acceptors (Lipinski definition) is 6. The van der Waals surface area contributed by atoms with Crippen LogP contribution >= 0.6 is 11.6 Å². The van der Waals surface area contributed by atoms with Gasteiger partial charge in [-0.3, -0.25) is 0 Å². The first-order chi connectivity index (χ1) is 14.2. The lowest BCUT2D eigenvalue weighted by Gasteiger charge is -2.35. The van der Waals surface area contributed by atoms with Crippen molar-refractivity contribution in [3.8, 4) is 5.88 Å². The third kappa shape index (κ3) is 3.45. The summed E-state index contributed by atoms with van der Waals surface area (Å²) in [7, 11) is 0. The minimum Gasteiger partial charge on any atom is -0.492 e. The molecule has 0 spiro atoms. The molecule has 0 amide bonds. The molecule has 5 rings (SSSR count). The molecule has 2 aliphatic rings. The highest BCUT2D eigenvalue weighted by atomic mass is 35.5. The molecule has 1 fully saturated rings. The maximum Gasteiger partial charge on any atom is 0.238 e. The number of hydrogen-bond donors (Lipinski definition) is 2. The molecule has 29 heavy (non-hydrogen) atoms. The van der Waals surface area contributed by atoms with E-state index in [1.807, 2.05) is 18.2 Å². The highest BCUT2D eigenvalue weighted by Gasteiger charge is 2.22. The highest BCUT2D eigenvalue weighted by molar-refractivity contribution is 6.31. The minimum absolute atomic E-state index is 0.0326. The van der Waals surface area contributed by atoms with Gasteiger partial charge in [0.1, 0.15) is 5.69 Å². The number of aromatic amines is 1. The molecule has 2 aliphatic heterocycles. The van der Waals surface area contributed by atoms with Gasteiger partial charge in [0.05, 0.1) is 5.02 Å². The number of benzene rings is 1. The van der Waals surface area contributed by atoms with Crippen molar-refractivity contribution < 1.29 is 5.11 Å². The molecule has 0 saturated carbocycles. The number of nitrogens with one attached hydrogen (secondary N) is 1. The van der Waals surface area contributed by atoms with Crippen molar-refractivity contribution in [2.24, 2.45) is 4.99 Å². The van der Waals surface area contributed by atoms with Gasteiger partial charge in [-0.2, -0.15) is 4.98 Å². The number of aromatic hydroxyl groups is 1. The molecule has 7 nitrogen and oxygen atoms in total. The Kier molecular flexibility index (Phi) is 4.44. The fourth-order valence-corrected chi connectivity index (χ4v) is 3.81. The van der Waals surface area contributed by atoms with Crippen LogP contribution < -0.4 is 9.80 Å². The Morgan fingerprint density at radius 1 is 1.07 bits per heavy atom. The molecule has 1 saturated heterocycles. The van der Waals surface area contributed by atoms with Gasteiger partial charge in [0.15, 0.2) is 5.82 Å². The van der Waals surface area contributed by atoms with Crippen LogP contribution in [0, 0.1) is 0 Å². The number of para-hydroxylation sites is 1. The number of fused-ring (bicyclic) bond motifs is 1. The normalized spacial score (nSPS) is 17.2. The lowest BCUT2D eigenvalue weighted by molar-refractivity contribution is 0.455. The molecule has 3 aromatic rings. The van der Waals surface area contributed by atoms with Crippen LogP contribution in [0.25, 0.3) is 11.6 Å². The van der Waals surface area contributed by atoms with E-state index in [9.17, 15) is 5.11 Å². The number of allylic oxidation sites excluding steroid dienone is 1. The van der Waals surface area contributed by atoms with Crippen molar-refractivity contribution in [2.75, 3.05) is 36.0 Å². The summed E-state index contributed by atoms with van der Waals surface area (Å²) >= 11 is 6.06. The predicted octanol–water partition coefficient (Wildman–Crippen LogP) is 3.75. The first kappa shape index (κ1) is 17.8. The summed E-state index contributed by atoms with van der Waals surface area (Å²) in [5.41, 5.74) is 3.44. The van der Waals surface area contributed by atoms with Crippen molar-refractivity contribution in [3.63, 3.8) is 0 Å². The van der Waals surface area contributed by atoms with Crippen molar-refractivity contribution in [1.82, 2.24) is 15.0 Å². The van der Waals surface area contributed by atoms with Gasteiger partial charge in [0.25, 0.3) is 0 Å². The van der Waals surface area contributed by atoms with Crippen LogP contribution in [0.2, 0.25) is 5.02 Å². The first-order valence-electron chi connectivity index (χ1n) is 9.43. The Bertz CT molecular complexity index is 1100. The van der Waals surface area contributed by atoms with Gasteiger partial charge in [-0.1, -0.05) is 29.8 Å². The molecule has 2 N–H and O–H groups in total. The van der Waals surface area contributed by atoms with E-state index in [0.717, 1.165) is 37.3 Å². The summed E-state index contributed by atoms with van der Waals surface area (Å²) in [4.78, 5) is 20.6. The molecule has 0 aliphatic carbocycles. The molecule has 1 aromatic carbocycles. The van der Waals surface area contributed by atoms with Crippen molar-refractivity contribution in [2.45, 2.75) is 0 Å². The van der Waals surface area contributed by atoms with E-state index in [1.54, 1.807) is 12.4 Å². The quantitative estimate of drug-likeness (QED) is 0.692. The number of piperazine rings is 1. The van der Waals surface area contributed by atoms with Crippen LogP contribution in [0.15, 0.2) is 47.6 Å². The molecule has 2 aromatic heterocycles. The zero-order valence-corrected chi connectivity index (χ0v) is 16.3. The van der Waals surface area contributed by atoms with Crippen LogP contribution in [0.3, 0.4) is 0 Å². The number of nitrogens with zero attached hydrogens (tertiary/aromatic N) is 5. The average molecular weight is 407 g/mol. The summed E-state index contributed by atoms with van der Waals surface area (Å²) in [6.45, 7) is 3.43. The first-order valence-corrected chi connectivity index (χ1v) is 9.81. The summed E-state index contributed by atoms with van der Waals surface area (Å²) in [6.07, 6.45) is 5.10. The zero-order valence-electron chi connectivity index (χ0n) is 15.6. The minimum atomic E-state index is -0.0326. The second-order valence-corrected chi connectivity index (χ2v) is 7.43. The van der Waals surface area contributed by atoms with Crippen LogP contribution in [-0.2, 0) is 0 Å². The summed E-state index contributed by atoms with van der Waals surface area (Å²) < 4.78 is 0. The van der Waals surface area contributed by atoms with Gasteiger partial charge in [0.2, 0.25) is 11.8 Å². The number of pyridine rings is 1. The second-order valence-electron chi connectivity index (χ2n) is 6.99. The van der Waals surface area contributed by atoms with Gasteiger partial charge in [0, 0.05) is 55.4 Å². The number of aromatic nitrogens is 3. The zero-order chi connectivity index (χ0) is 19.8. The summed E-state index contributed by atoms with van der Waals surface area (Å²) in [5.74, 6) is 1.26. The van der Waals surface area contributed by atoms with Gasteiger partial charge in [-0.05, 0) is 24.3 Å². The maximum absolute atomic E-state index is 10.3. The van der Waals surface area contributed by atoms with E-state index in [2.05, 4.69) is 54.0 Å². The molecule has 0 radical (unpaired) electrons. The van der Waals surface area contributed by atoms with Crippen LogP contribution in [0.1, 0.15) is 11.3 Å². The number of anilines is 2. The largest absolute Gasteiger partial charge is 0.492 e. The van der Waals surface area contributed by atoms with Crippen LogP contribution in [-0.4, -0.2) is 52.5 Å². The summed E-state index contributed by atoms with van der Waals surface area (Å²) in [6, 6.07) is 12.2. The molecule has 8 heteroatoms. The van der Waals surface area contributed by atoms with E-state index in [1.165, 1.54) is 5.69 Å². The van der Waals surface area contributed by atoms with Crippen molar-refractivity contribution >= 4 is 46.9 Å². The van der Waals surface area contributed by atoms with E-state index in [4.69, 9.17) is 11.6 Å². The Balaban J connectivity index is 1.33. The Labute approximate surface area is 173 Å². The SMILES string of the molecule is Oc1nc(N2CCN(c3ccccc3)CC2)[nH]c1/C=C1/C=Nc2ncc(Cl)cc21. The Hall–Kier alpha value is -3.32.